The van der Waals surface area contributed by atoms with Crippen molar-refractivity contribution >= 4 is 11.5 Å². The Morgan fingerprint density at radius 2 is 2.18 bits per heavy atom. The number of nitriles is 1. The quantitative estimate of drug-likeness (QED) is 0.637. The molecule has 1 N–H and O–H groups in total. The van der Waals surface area contributed by atoms with Crippen molar-refractivity contribution in [3.8, 4) is 6.07 Å². The van der Waals surface area contributed by atoms with Crippen LogP contribution in [0.5, 0.6) is 0 Å². The molecule has 17 heavy (non-hydrogen) atoms. The second-order valence-corrected chi connectivity index (χ2v) is 4.14. The second-order valence-electron chi connectivity index (χ2n) is 4.14. The van der Waals surface area contributed by atoms with E-state index in [1.807, 2.05) is 26.8 Å². The average Bonchev–Trinajstić information content (AvgIpc) is 2.29. The Kier molecular flexibility index (Phi) is 3.99. The maximum atomic E-state index is 10.9. The third kappa shape index (κ3) is 3.14. The smallest absolute Gasteiger partial charge is 0.312 e. The van der Waals surface area contributed by atoms with E-state index in [0.29, 0.717) is 5.92 Å². The molecule has 0 aliphatic rings. The molecule has 0 fully saturated rings. The highest BCUT2D eigenvalue weighted by molar-refractivity contribution is 5.58. The van der Waals surface area contributed by atoms with Gasteiger partial charge in [-0.1, -0.05) is 13.8 Å². The highest BCUT2D eigenvalue weighted by atomic mass is 16.6. The van der Waals surface area contributed by atoms with Gasteiger partial charge in [0.05, 0.1) is 10.5 Å². The summed E-state index contributed by atoms with van der Waals surface area (Å²) in [7, 11) is 0. The molecule has 1 unspecified atom stereocenters. The number of nitro groups is 1. The molecule has 1 rings (SSSR count). The molecule has 90 valence electrons. The van der Waals surface area contributed by atoms with Crippen molar-refractivity contribution in [3.05, 3.63) is 27.9 Å². The van der Waals surface area contributed by atoms with E-state index in [1.165, 1.54) is 12.3 Å². The van der Waals surface area contributed by atoms with Gasteiger partial charge in [0, 0.05) is 18.3 Å². The minimum atomic E-state index is -0.538. The van der Waals surface area contributed by atoms with Gasteiger partial charge in [-0.15, -0.1) is 0 Å². The van der Waals surface area contributed by atoms with Gasteiger partial charge in [0.1, 0.15) is 6.07 Å². The standard InChI is InChI=1S/C11H14N4O2/c1-7(2)8(3)14-11-10(15(16)17)4-9(5-12)6-13-11/h4,6-8H,1-3H3,(H,13,14). The van der Waals surface area contributed by atoms with Crippen LogP contribution in [0, 0.1) is 27.4 Å². The third-order valence-corrected chi connectivity index (χ3v) is 2.56. The summed E-state index contributed by atoms with van der Waals surface area (Å²) in [4.78, 5) is 14.2. The van der Waals surface area contributed by atoms with Crippen LogP contribution in [0.2, 0.25) is 0 Å². The van der Waals surface area contributed by atoms with Crippen LogP contribution in [-0.2, 0) is 0 Å². The molecule has 0 spiro atoms. The second kappa shape index (κ2) is 5.25. The largest absolute Gasteiger partial charge is 0.362 e. The lowest BCUT2D eigenvalue weighted by atomic mass is 10.1. The summed E-state index contributed by atoms with van der Waals surface area (Å²) in [6.07, 6.45) is 1.32. The molecular weight excluding hydrogens is 220 g/mol. The summed E-state index contributed by atoms with van der Waals surface area (Å²) in [5, 5.41) is 22.5. The van der Waals surface area contributed by atoms with Gasteiger partial charge < -0.3 is 5.32 Å². The maximum Gasteiger partial charge on any atom is 0.312 e. The molecule has 0 saturated heterocycles. The first-order valence-corrected chi connectivity index (χ1v) is 5.26. The van der Waals surface area contributed by atoms with Crippen molar-refractivity contribution < 1.29 is 4.92 Å². The number of aromatic nitrogens is 1. The summed E-state index contributed by atoms with van der Waals surface area (Å²) in [6.45, 7) is 5.94. The van der Waals surface area contributed by atoms with Crippen molar-refractivity contribution in [2.75, 3.05) is 5.32 Å². The van der Waals surface area contributed by atoms with Gasteiger partial charge in [0.15, 0.2) is 0 Å². The minimum Gasteiger partial charge on any atom is -0.362 e. The van der Waals surface area contributed by atoms with Gasteiger partial charge in [0.2, 0.25) is 5.82 Å². The fraction of sp³-hybridized carbons (Fsp3) is 0.455. The number of anilines is 1. The molecule has 6 heteroatoms. The molecule has 0 aliphatic heterocycles. The number of hydrogen-bond donors (Lipinski definition) is 1. The predicted molar refractivity (Wildman–Crippen MR) is 63.5 cm³/mol. The Morgan fingerprint density at radius 3 is 2.65 bits per heavy atom. The molecule has 0 radical (unpaired) electrons. The van der Waals surface area contributed by atoms with Crippen molar-refractivity contribution in [2.24, 2.45) is 5.92 Å². The van der Waals surface area contributed by atoms with Crippen molar-refractivity contribution in [1.29, 1.82) is 5.26 Å². The molecule has 1 aromatic rings. The van der Waals surface area contributed by atoms with Crippen LogP contribution >= 0.6 is 0 Å². The van der Waals surface area contributed by atoms with Gasteiger partial charge in [-0.2, -0.15) is 5.26 Å². The SMILES string of the molecule is CC(C)C(C)Nc1ncc(C#N)cc1[N+](=O)[O-]. The van der Waals surface area contributed by atoms with Crippen LogP contribution in [0.3, 0.4) is 0 Å². The van der Waals surface area contributed by atoms with E-state index in [-0.39, 0.29) is 23.1 Å². The van der Waals surface area contributed by atoms with Gasteiger partial charge >= 0.3 is 5.69 Å². The monoisotopic (exact) mass is 234 g/mol. The molecule has 0 saturated carbocycles. The lowest BCUT2D eigenvalue weighted by Gasteiger charge is -2.17. The van der Waals surface area contributed by atoms with E-state index in [0.717, 1.165) is 0 Å². The van der Waals surface area contributed by atoms with Crippen molar-refractivity contribution in [3.63, 3.8) is 0 Å². The Bertz CT molecular complexity index is 465. The summed E-state index contributed by atoms with van der Waals surface area (Å²) < 4.78 is 0. The van der Waals surface area contributed by atoms with Gasteiger partial charge in [-0.25, -0.2) is 4.98 Å². The zero-order chi connectivity index (χ0) is 13.0. The summed E-state index contributed by atoms with van der Waals surface area (Å²) >= 11 is 0. The molecule has 1 heterocycles. The van der Waals surface area contributed by atoms with Gasteiger partial charge in [-0.05, 0) is 12.8 Å². The number of pyridine rings is 1. The number of hydrogen-bond acceptors (Lipinski definition) is 5. The van der Waals surface area contributed by atoms with E-state index in [9.17, 15) is 10.1 Å². The van der Waals surface area contributed by atoms with E-state index in [2.05, 4.69) is 10.3 Å². The van der Waals surface area contributed by atoms with Gasteiger partial charge in [-0.3, -0.25) is 10.1 Å². The zero-order valence-corrected chi connectivity index (χ0v) is 9.97. The minimum absolute atomic E-state index is 0.0640. The number of nitrogens with one attached hydrogen (secondary N) is 1. The average molecular weight is 234 g/mol. The first-order chi connectivity index (χ1) is 7.95. The van der Waals surface area contributed by atoms with Crippen LogP contribution in [0.25, 0.3) is 0 Å². The van der Waals surface area contributed by atoms with Crippen molar-refractivity contribution in [1.82, 2.24) is 4.98 Å². The topological polar surface area (TPSA) is 91.8 Å². The van der Waals surface area contributed by atoms with E-state index in [1.54, 1.807) is 0 Å². The molecule has 1 atom stereocenters. The molecule has 0 amide bonds. The lowest BCUT2D eigenvalue weighted by molar-refractivity contribution is -0.384. The van der Waals surface area contributed by atoms with E-state index < -0.39 is 4.92 Å². The molecule has 0 aromatic carbocycles. The number of nitrogens with zero attached hydrogens (tertiary/aromatic N) is 3. The third-order valence-electron chi connectivity index (χ3n) is 2.56. The van der Waals surface area contributed by atoms with Crippen LogP contribution in [0.15, 0.2) is 12.3 Å². The summed E-state index contributed by atoms with van der Waals surface area (Å²) in [5.74, 6) is 0.530. The fourth-order valence-corrected chi connectivity index (χ4v) is 1.15. The molecule has 0 aliphatic carbocycles. The first-order valence-electron chi connectivity index (χ1n) is 5.26. The Labute approximate surface area is 99.4 Å². The predicted octanol–water partition coefficient (Wildman–Crippen LogP) is 2.32. The van der Waals surface area contributed by atoms with Crippen LogP contribution in [0.1, 0.15) is 26.3 Å². The number of rotatable bonds is 4. The van der Waals surface area contributed by atoms with E-state index >= 15 is 0 Å². The van der Waals surface area contributed by atoms with Crippen LogP contribution < -0.4 is 5.32 Å². The Hall–Kier alpha value is -2.16. The normalized spacial score (nSPS) is 11.9. The molecular formula is C11H14N4O2. The first kappa shape index (κ1) is 12.9. The Balaban J connectivity index is 3.08. The highest BCUT2D eigenvalue weighted by Gasteiger charge is 2.18. The van der Waals surface area contributed by atoms with Crippen LogP contribution in [-0.4, -0.2) is 15.9 Å². The summed E-state index contributed by atoms with van der Waals surface area (Å²) in [6, 6.07) is 3.12. The lowest BCUT2D eigenvalue weighted by Crippen LogP contribution is -2.22. The van der Waals surface area contributed by atoms with Crippen molar-refractivity contribution in [2.45, 2.75) is 26.8 Å². The highest BCUT2D eigenvalue weighted by Crippen LogP contribution is 2.24. The maximum absolute atomic E-state index is 10.9. The molecule has 0 bridgehead atoms. The zero-order valence-electron chi connectivity index (χ0n) is 9.97. The molecule has 6 nitrogen and oxygen atoms in total. The van der Waals surface area contributed by atoms with Gasteiger partial charge in [0.25, 0.3) is 0 Å². The van der Waals surface area contributed by atoms with E-state index in [4.69, 9.17) is 5.26 Å². The fourth-order valence-electron chi connectivity index (χ4n) is 1.15. The molecule has 1 aromatic heterocycles. The van der Waals surface area contributed by atoms with Crippen LogP contribution in [0.4, 0.5) is 11.5 Å². The Morgan fingerprint density at radius 1 is 1.53 bits per heavy atom. The summed E-state index contributed by atoms with van der Waals surface area (Å²) in [5.41, 5.74) is 0.0102.